The van der Waals surface area contributed by atoms with Gasteiger partial charge in [-0.1, -0.05) is 12.1 Å². The van der Waals surface area contributed by atoms with Crippen molar-refractivity contribution >= 4 is 33.8 Å². The molecule has 3 aromatic heterocycles. The standard InChI is InChI=1S/C24H27N5OS/c1-15-17(16(2)29-24(26-15)18-7-3-4-8-19(18)28-29)11-12-22(30)25-14-13-23-27-20-9-5-6-10-21(20)31-23/h3-4,7-8H,5-6,9-14H2,1-2H3,(H,25,30). The maximum absolute atomic E-state index is 12.5. The van der Waals surface area contributed by atoms with Gasteiger partial charge in [0.2, 0.25) is 5.91 Å². The smallest absolute Gasteiger partial charge is 0.220 e. The summed E-state index contributed by atoms with van der Waals surface area (Å²) in [6, 6.07) is 8.05. The Kier molecular flexibility index (Phi) is 5.44. The lowest BCUT2D eigenvalue weighted by atomic mass is 10.0. The molecule has 0 fully saturated rings. The van der Waals surface area contributed by atoms with Crippen LogP contribution >= 0.6 is 11.3 Å². The van der Waals surface area contributed by atoms with Gasteiger partial charge in [0, 0.05) is 41.0 Å². The molecule has 1 N–H and O–H groups in total. The molecule has 6 nitrogen and oxygen atoms in total. The number of nitrogens with zero attached hydrogens (tertiary/aromatic N) is 4. The van der Waals surface area contributed by atoms with Crippen LogP contribution in [0.4, 0.5) is 0 Å². The minimum atomic E-state index is 0.0749. The van der Waals surface area contributed by atoms with E-state index in [1.807, 2.05) is 41.0 Å². The first-order valence-electron chi connectivity index (χ1n) is 11.1. The fourth-order valence-electron chi connectivity index (χ4n) is 4.49. The molecule has 0 radical (unpaired) electrons. The Bertz CT molecular complexity index is 1250. The van der Waals surface area contributed by atoms with E-state index in [0.717, 1.165) is 51.4 Å². The van der Waals surface area contributed by atoms with Gasteiger partial charge in [-0.15, -0.1) is 11.3 Å². The van der Waals surface area contributed by atoms with Crippen molar-refractivity contribution in [3.05, 3.63) is 56.8 Å². The lowest BCUT2D eigenvalue weighted by Crippen LogP contribution is -2.26. The number of carbonyl (C=O) groups is 1. The van der Waals surface area contributed by atoms with Gasteiger partial charge in [0.1, 0.15) is 0 Å². The Balaban J connectivity index is 1.21. The number of carbonyl (C=O) groups excluding carboxylic acids is 1. The summed E-state index contributed by atoms with van der Waals surface area (Å²) in [7, 11) is 0. The molecule has 1 aliphatic carbocycles. The molecule has 0 unspecified atom stereocenters. The van der Waals surface area contributed by atoms with Gasteiger partial charge in [-0.3, -0.25) is 4.79 Å². The normalized spacial score (nSPS) is 13.6. The Morgan fingerprint density at radius 3 is 2.84 bits per heavy atom. The third-order valence-corrected chi connectivity index (χ3v) is 7.39. The zero-order chi connectivity index (χ0) is 21.4. The fraction of sp³-hybridized carbons (Fsp3) is 0.417. The van der Waals surface area contributed by atoms with Crippen molar-refractivity contribution in [2.45, 2.75) is 58.8 Å². The molecular formula is C24H27N5OS. The lowest BCUT2D eigenvalue weighted by Gasteiger charge is -2.11. The average Bonchev–Trinajstić information content (AvgIpc) is 3.35. The second kappa shape index (κ2) is 8.38. The molecule has 5 rings (SSSR count). The molecular weight excluding hydrogens is 406 g/mol. The molecule has 160 valence electrons. The SMILES string of the molecule is Cc1nc2c3ccccc3nn2c(C)c1CCC(=O)NCCc1nc2c(s1)CCCC2. The highest BCUT2D eigenvalue weighted by Gasteiger charge is 2.16. The summed E-state index contributed by atoms with van der Waals surface area (Å²) in [5, 5.41) is 9.98. The molecule has 31 heavy (non-hydrogen) atoms. The van der Waals surface area contributed by atoms with Gasteiger partial charge in [0.05, 0.1) is 16.2 Å². The number of hydrogen-bond donors (Lipinski definition) is 1. The highest BCUT2D eigenvalue weighted by molar-refractivity contribution is 7.11. The molecule has 1 amide bonds. The predicted octanol–water partition coefficient (Wildman–Crippen LogP) is 4.13. The van der Waals surface area contributed by atoms with E-state index in [-0.39, 0.29) is 5.91 Å². The molecule has 3 heterocycles. The highest BCUT2D eigenvalue weighted by atomic mass is 32.1. The van der Waals surface area contributed by atoms with E-state index in [0.29, 0.717) is 19.4 Å². The Hall–Kier alpha value is -2.80. The van der Waals surface area contributed by atoms with Crippen LogP contribution in [-0.2, 0) is 30.5 Å². The Morgan fingerprint density at radius 2 is 1.97 bits per heavy atom. The highest BCUT2D eigenvalue weighted by Crippen LogP contribution is 2.27. The van der Waals surface area contributed by atoms with Crippen LogP contribution in [-0.4, -0.2) is 32.0 Å². The minimum Gasteiger partial charge on any atom is -0.356 e. The summed E-state index contributed by atoms with van der Waals surface area (Å²) >= 11 is 1.82. The van der Waals surface area contributed by atoms with Crippen molar-refractivity contribution < 1.29 is 4.79 Å². The first kappa shape index (κ1) is 20.1. The van der Waals surface area contributed by atoms with Gasteiger partial charge in [-0.05, 0) is 63.6 Å². The number of aromatic nitrogens is 4. The number of aryl methyl sites for hydroxylation is 4. The van der Waals surface area contributed by atoms with Crippen LogP contribution in [0.2, 0.25) is 0 Å². The second-order valence-corrected chi connectivity index (χ2v) is 9.47. The van der Waals surface area contributed by atoms with Gasteiger partial charge in [0.15, 0.2) is 5.65 Å². The Labute approximate surface area is 185 Å². The molecule has 0 saturated carbocycles. The molecule has 0 saturated heterocycles. The molecule has 4 aromatic rings. The molecule has 0 atom stereocenters. The average molecular weight is 434 g/mol. The lowest BCUT2D eigenvalue weighted by molar-refractivity contribution is -0.121. The van der Waals surface area contributed by atoms with Crippen molar-refractivity contribution in [1.82, 2.24) is 24.9 Å². The quantitative estimate of drug-likeness (QED) is 0.496. The van der Waals surface area contributed by atoms with Crippen LogP contribution in [0.15, 0.2) is 24.3 Å². The zero-order valence-corrected chi connectivity index (χ0v) is 18.9. The van der Waals surface area contributed by atoms with Crippen molar-refractivity contribution in [3.63, 3.8) is 0 Å². The fourth-order valence-corrected chi connectivity index (χ4v) is 5.64. The summed E-state index contributed by atoms with van der Waals surface area (Å²) in [5.41, 5.74) is 6.23. The van der Waals surface area contributed by atoms with Crippen molar-refractivity contribution in [3.8, 4) is 0 Å². The first-order valence-corrected chi connectivity index (χ1v) is 11.9. The van der Waals surface area contributed by atoms with Gasteiger partial charge < -0.3 is 5.32 Å². The number of rotatable bonds is 6. The van der Waals surface area contributed by atoms with Gasteiger partial charge in [0.25, 0.3) is 0 Å². The van der Waals surface area contributed by atoms with Crippen molar-refractivity contribution in [2.75, 3.05) is 6.54 Å². The summed E-state index contributed by atoms with van der Waals surface area (Å²) < 4.78 is 1.91. The maximum Gasteiger partial charge on any atom is 0.220 e. The van der Waals surface area contributed by atoms with Gasteiger partial charge >= 0.3 is 0 Å². The first-order chi connectivity index (χ1) is 15.1. The predicted molar refractivity (Wildman–Crippen MR) is 124 cm³/mol. The Morgan fingerprint density at radius 1 is 1.13 bits per heavy atom. The molecule has 1 aliphatic rings. The molecule has 1 aromatic carbocycles. The van der Waals surface area contributed by atoms with E-state index in [2.05, 4.69) is 18.3 Å². The zero-order valence-electron chi connectivity index (χ0n) is 18.1. The van der Waals surface area contributed by atoms with E-state index in [1.165, 1.54) is 29.8 Å². The van der Waals surface area contributed by atoms with Crippen LogP contribution < -0.4 is 5.32 Å². The maximum atomic E-state index is 12.5. The number of fused-ring (bicyclic) bond motifs is 4. The van der Waals surface area contributed by atoms with Gasteiger partial charge in [-0.2, -0.15) is 5.10 Å². The third kappa shape index (κ3) is 3.94. The largest absolute Gasteiger partial charge is 0.356 e. The number of amides is 1. The van der Waals surface area contributed by atoms with Crippen molar-refractivity contribution in [1.29, 1.82) is 0 Å². The van der Waals surface area contributed by atoms with Crippen molar-refractivity contribution in [2.24, 2.45) is 0 Å². The van der Waals surface area contributed by atoms with E-state index < -0.39 is 0 Å². The van der Waals surface area contributed by atoms with Crippen LogP contribution in [0, 0.1) is 13.8 Å². The molecule has 0 aliphatic heterocycles. The minimum absolute atomic E-state index is 0.0749. The number of benzene rings is 1. The van der Waals surface area contributed by atoms with E-state index in [1.54, 1.807) is 0 Å². The molecule has 7 heteroatoms. The second-order valence-electron chi connectivity index (χ2n) is 8.30. The molecule has 0 bridgehead atoms. The number of hydrogen-bond acceptors (Lipinski definition) is 5. The number of nitrogens with one attached hydrogen (secondary N) is 1. The summed E-state index contributed by atoms with van der Waals surface area (Å²) in [6.45, 7) is 4.72. The van der Waals surface area contributed by atoms with Crippen LogP contribution in [0.25, 0.3) is 16.6 Å². The monoisotopic (exact) mass is 433 g/mol. The summed E-state index contributed by atoms with van der Waals surface area (Å²) in [4.78, 5) is 23.5. The van der Waals surface area contributed by atoms with E-state index in [4.69, 9.17) is 15.1 Å². The van der Waals surface area contributed by atoms with Crippen LogP contribution in [0.5, 0.6) is 0 Å². The van der Waals surface area contributed by atoms with Gasteiger partial charge in [-0.25, -0.2) is 14.5 Å². The van der Waals surface area contributed by atoms with Crippen LogP contribution in [0.3, 0.4) is 0 Å². The van der Waals surface area contributed by atoms with E-state index >= 15 is 0 Å². The summed E-state index contributed by atoms with van der Waals surface area (Å²) in [5.74, 6) is 0.0749. The third-order valence-electron chi connectivity index (χ3n) is 6.17. The topological polar surface area (TPSA) is 72.2 Å². The van der Waals surface area contributed by atoms with Crippen LogP contribution in [0.1, 0.15) is 51.8 Å². The number of thiazole rings is 1. The molecule has 0 spiro atoms. The summed E-state index contributed by atoms with van der Waals surface area (Å²) in [6.07, 6.45) is 6.73. The van der Waals surface area contributed by atoms with E-state index in [9.17, 15) is 4.79 Å².